The van der Waals surface area contributed by atoms with Crippen LogP contribution in [-0.2, 0) is 17.8 Å². The van der Waals surface area contributed by atoms with E-state index < -0.39 is 5.97 Å². The summed E-state index contributed by atoms with van der Waals surface area (Å²) in [6.45, 7) is 3.55. The van der Waals surface area contributed by atoms with E-state index in [0.29, 0.717) is 29.0 Å². The molecule has 0 unspecified atom stereocenters. The van der Waals surface area contributed by atoms with Gasteiger partial charge in [0.25, 0.3) is 0 Å². The van der Waals surface area contributed by atoms with Gasteiger partial charge in [-0.25, -0.2) is 4.79 Å². The van der Waals surface area contributed by atoms with Crippen molar-refractivity contribution >= 4 is 17.8 Å². The number of methoxy groups -OCH3 is 1. The van der Waals surface area contributed by atoms with E-state index in [1.54, 1.807) is 37.4 Å². The van der Waals surface area contributed by atoms with Crippen LogP contribution < -0.4 is 9.47 Å². The van der Waals surface area contributed by atoms with Gasteiger partial charge in [-0.2, -0.15) is 0 Å². The summed E-state index contributed by atoms with van der Waals surface area (Å²) in [5.41, 5.74) is 2.29. The van der Waals surface area contributed by atoms with Crippen molar-refractivity contribution in [1.29, 1.82) is 0 Å². The molecule has 0 spiro atoms. The lowest BCUT2D eigenvalue weighted by molar-refractivity contribution is -0.131. The lowest BCUT2D eigenvalue weighted by Gasteiger charge is -2.16. The first-order valence-electron chi connectivity index (χ1n) is 8.93. The van der Waals surface area contributed by atoms with E-state index in [1.807, 2.05) is 6.92 Å². The maximum Gasteiger partial charge on any atom is 0.328 e. The SMILES string of the molecule is CCCc1c(OCc2cc(/C=C/C(=O)O)ccc2OC)ccc(C(C)=O)c1O. The number of phenolic OH excluding ortho intramolecular Hbond substituents is 1. The first kappa shape index (κ1) is 21.0. The molecular formula is C22H24O6. The molecule has 0 bridgehead atoms. The highest BCUT2D eigenvalue weighted by Gasteiger charge is 2.16. The lowest BCUT2D eigenvalue weighted by Crippen LogP contribution is -2.04. The molecule has 2 N–H and O–H groups in total. The normalized spacial score (nSPS) is 10.8. The standard InChI is InChI=1S/C22H24O6/c1-4-5-18-20(10-8-17(14(2)23)22(18)26)28-13-16-12-15(7-11-21(24)25)6-9-19(16)27-3/h6-12,26H,4-5,13H2,1-3H3,(H,24,25)/b11-7+. The second-order valence-electron chi connectivity index (χ2n) is 6.28. The molecule has 0 amide bonds. The minimum Gasteiger partial charge on any atom is -0.507 e. The smallest absolute Gasteiger partial charge is 0.328 e. The van der Waals surface area contributed by atoms with Crippen molar-refractivity contribution in [3.63, 3.8) is 0 Å². The second kappa shape index (κ2) is 9.60. The molecule has 148 valence electrons. The van der Waals surface area contributed by atoms with Crippen molar-refractivity contribution in [1.82, 2.24) is 0 Å². The number of hydrogen-bond acceptors (Lipinski definition) is 5. The third-order valence-corrected chi connectivity index (χ3v) is 4.23. The predicted molar refractivity (Wildman–Crippen MR) is 106 cm³/mol. The number of aromatic hydroxyl groups is 1. The average molecular weight is 384 g/mol. The van der Waals surface area contributed by atoms with Gasteiger partial charge >= 0.3 is 5.97 Å². The number of rotatable bonds is 9. The number of hydrogen-bond donors (Lipinski definition) is 2. The zero-order valence-electron chi connectivity index (χ0n) is 16.2. The van der Waals surface area contributed by atoms with Gasteiger partial charge < -0.3 is 19.7 Å². The molecule has 0 radical (unpaired) electrons. The van der Waals surface area contributed by atoms with Crippen molar-refractivity contribution in [3.05, 3.63) is 58.7 Å². The average Bonchev–Trinajstić information content (AvgIpc) is 2.66. The van der Waals surface area contributed by atoms with Gasteiger partial charge in [0.05, 0.1) is 12.7 Å². The number of ketones is 1. The van der Waals surface area contributed by atoms with Crippen LogP contribution in [0, 0.1) is 0 Å². The van der Waals surface area contributed by atoms with Crippen LogP contribution in [0.1, 0.15) is 47.3 Å². The summed E-state index contributed by atoms with van der Waals surface area (Å²) in [6.07, 6.45) is 3.90. The van der Waals surface area contributed by atoms with Crippen molar-refractivity contribution in [2.24, 2.45) is 0 Å². The lowest BCUT2D eigenvalue weighted by atomic mass is 10.0. The van der Waals surface area contributed by atoms with Gasteiger partial charge in [0, 0.05) is 17.2 Å². The van der Waals surface area contributed by atoms with E-state index in [0.717, 1.165) is 18.1 Å². The molecule has 28 heavy (non-hydrogen) atoms. The highest BCUT2D eigenvalue weighted by molar-refractivity contribution is 5.97. The van der Waals surface area contributed by atoms with Crippen LogP contribution in [0.15, 0.2) is 36.4 Å². The third kappa shape index (κ3) is 5.13. The third-order valence-electron chi connectivity index (χ3n) is 4.23. The minimum absolute atomic E-state index is 0.0445. The van der Waals surface area contributed by atoms with E-state index in [4.69, 9.17) is 14.6 Å². The van der Waals surface area contributed by atoms with Crippen molar-refractivity contribution in [2.75, 3.05) is 7.11 Å². The zero-order chi connectivity index (χ0) is 20.7. The Bertz CT molecular complexity index is 898. The monoisotopic (exact) mass is 384 g/mol. The summed E-state index contributed by atoms with van der Waals surface area (Å²) in [5, 5.41) is 19.2. The van der Waals surface area contributed by atoms with Gasteiger partial charge in [0.1, 0.15) is 23.9 Å². The minimum atomic E-state index is -1.03. The summed E-state index contributed by atoms with van der Waals surface area (Å²) < 4.78 is 11.3. The Kier molecular flexibility index (Phi) is 7.21. The zero-order valence-corrected chi connectivity index (χ0v) is 16.2. The summed E-state index contributed by atoms with van der Waals surface area (Å²) in [4.78, 5) is 22.4. The van der Waals surface area contributed by atoms with Crippen molar-refractivity contribution < 1.29 is 29.3 Å². The number of phenols is 1. The number of carboxylic acids is 1. The van der Waals surface area contributed by atoms with E-state index in [2.05, 4.69) is 0 Å². The van der Waals surface area contributed by atoms with Crippen LogP contribution >= 0.6 is 0 Å². The molecule has 0 fully saturated rings. The molecule has 0 aromatic heterocycles. The van der Waals surface area contributed by atoms with Crippen LogP contribution in [-0.4, -0.2) is 29.1 Å². The van der Waals surface area contributed by atoms with Gasteiger partial charge in [-0.1, -0.05) is 19.4 Å². The molecule has 6 heteroatoms. The fourth-order valence-electron chi connectivity index (χ4n) is 2.87. The topological polar surface area (TPSA) is 93.1 Å². The highest BCUT2D eigenvalue weighted by Crippen LogP contribution is 2.34. The number of carbonyl (C=O) groups excluding carboxylic acids is 1. The van der Waals surface area contributed by atoms with Gasteiger partial charge in [0.15, 0.2) is 5.78 Å². The Morgan fingerprint density at radius 3 is 2.46 bits per heavy atom. The number of ether oxygens (including phenoxy) is 2. The predicted octanol–water partition coefficient (Wildman–Crippen LogP) is 4.23. The Labute approximate surface area is 164 Å². The van der Waals surface area contributed by atoms with Gasteiger partial charge in [-0.3, -0.25) is 4.79 Å². The fraction of sp³-hybridized carbons (Fsp3) is 0.273. The molecule has 2 aromatic carbocycles. The maximum atomic E-state index is 11.7. The Hall–Kier alpha value is -3.28. The first-order chi connectivity index (χ1) is 13.4. The van der Waals surface area contributed by atoms with Crippen molar-refractivity contribution in [2.45, 2.75) is 33.3 Å². The van der Waals surface area contributed by atoms with Gasteiger partial charge in [-0.05, 0) is 49.2 Å². The maximum absolute atomic E-state index is 11.7. The van der Waals surface area contributed by atoms with Crippen LogP contribution in [0.3, 0.4) is 0 Å². The number of benzene rings is 2. The Morgan fingerprint density at radius 2 is 1.86 bits per heavy atom. The molecule has 0 atom stereocenters. The second-order valence-corrected chi connectivity index (χ2v) is 6.28. The van der Waals surface area contributed by atoms with Crippen LogP contribution in [0.2, 0.25) is 0 Å². The molecule has 2 aromatic rings. The van der Waals surface area contributed by atoms with Crippen LogP contribution in [0.5, 0.6) is 17.2 Å². The Balaban J connectivity index is 2.32. The molecule has 0 aliphatic rings. The van der Waals surface area contributed by atoms with E-state index >= 15 is 0 Å². The molecule has 0 aliphatic heterocycles. The first-order valence-corrected chi connectivity index (χ1v) is 8.93. The number of Topliss-reactive ketones (excluding diaryl/α,β-unsaturated/α-hetero) is 1. The molecule has 0 saturated heterocycles. The summed E-state index contributed by atoms with van der Waals surface area (Å²) in [7, 11) is 1.54. The molecule has 0 heterocycles. The molecule has 0 aliphatic carbocycles. The van der Waals surface area contributed by atoms with Gasteiger partial charge in [0.2, 0.25) is 0 Å². The summed E-state index contributed by atoms with van der Waals surface area (Å²) >= 11 is 0. The molecular weight excluding hydrogens is 360 g/mol. The number of carboxylic acid groups (broad SMARTS) is 1. The van der Waals surface area contributed by atoms with E-state index in [1.165, 1.54) is 13.0 Å². The van der Waals surface area contributed by atoms with Gasteiger partial charge in [-0.15, -0.1) is 0 Å². The van der Waals surface area contributed by atoms with Crippen LogP contribution in [0.4, 0.5) is 0 Å². The van der Waals surface area contributed by atoms with E-state index in [9.17, 15) is 14.7 Å². The summed E-state index contributed by atoms with van der Waals surface area (Å²) in [6, 6.07) is 8.50. The molecule has 6 nitrogen and oxygen atoms in total. The number of carbonyl (C=O) groups is 2. The van der Waals surface area contributed by atoms with E-state index in [-0.39, 0.29) is 23.7 Å². The fourth-order valence-corrected chi connectivity index (χ4v) is 2.87. The quantitative estimate of drug-likeness (QED) is 0.496. The summed E-state index contributed by atoms with van der Waals surface area (Å²) in [5.74, 6) is -0.177. The molecule has 0 saturated carbocycles. The van der Waals surface area contributed by atoms with Crippen LogP contribution in [0.25, 0.3) is 6.08 Å². The Morgan fingerprint density at radius 1 is 1.14 bits per heavy atom. The van der Waals surface area contributed by atoms with Crippen molar-refractivity contribution in [3.8, 4) is 17.2 Å². The number of aliphatic carboxylic acids is 1. The highest BCUT2D eigenvalue weighted by atomic mass is 16.5. The molecule has 2 rings (SSSR count). The largest absolute Gasteiger partial charge is 0.507 e.